The molecule has 3 rings (SSSR count). The van der Waals surface area contributed by atoms with Crippen LogP contribution >= 0.6 is 0 Å². The van der Waals surface area contributed by atoms with Crippen molar-refractivity contribution in [3.05, 3.63) is 35.4 Å². The first kappa shape index (κ1) is 19.2. The lowest BCUT2D eigenvalue weighted by Crippen LogP contribution is -2.47. The van der Waals surface area contributed by atoms with Gasteiger partial charge < -0.3 is 5.32 Å². The lowest BCUT2D eigenvalue weighted by molar-refractivity contribution is -0.137. The molecule has 0 bridgehead atoms. The number of benzene rings is 1. The molecule has 0 aliphatic carbocycles. The number of sulfonamides is 1. The van der Waals surface area contributed by atoms with E-state index in [2.05, 4.69) is 5.32 Å². The van der Waals surface area contributed by atoms with Crippen molar-refractivity contribution in [2.24, 2.45) is 0 Å². The predicted octanol–water partition coefficient (Wildman–Crippen LogP) is 2.84. The van der Waals surface area contributed by atoms with Gasteiger partial charge in [-0.1, -0.05) is 18.6 Å². The van der Waals surface area contributed by atoms with E-state index in [1.165, 1.54) is 16.4 Å². The fourth-order valence-electron chi connectivity index (χ4n) is 3.99. The summed E-state index contributed by atoms with van der Waals surface area (Å²) in [5, 5.41) is 2.86. The van der Waals surface area contributed by atoms with E-state index in [0.29, 0.717) is 31.2 Å². The fourth-order valence-corrected chi connectivity index (χ4v) is 5.41. The number of amides is 1. The monoisotopic (exact) mass is 390 g/mol. The van der Waals surface area contributed by atoms with Crippen molar-refractivity contribution >= 4 is 15.9 Å². The number of fused-ring (bicyclic) bond motifs is 1. The SMILES string of the molecule is CS(=O)(=O)N1[C@H](c2cccc(C(F)(F)F)c2)C[C@H]2NC(=O)CCCC[C@@H]21. The van der Waals surface area contributed by atoms with Crippen LogP contribution in [-0.4, -0.2) is 37.0 Å². The number of carbonyl (C=O) groups excluding carboxylic acids is 1. The van der Waals surface area contributed by atoms with Gasteiger partial charge in [0, 0.05) is 18.5 Å². The van der Waals surface area contributed by atoms with Crippen LogP contribution in [0.2, 0.25) is 0 Å². The molecule has 2 saturated heterocycles. The molecule has 0 spiro atoms. The molecule has 9 heteroatoms. The minimum atomic E-state index is -4.50. The minimum Gasteiger partial charge on any atom is -0.352 e. The molecule has 0 unspecified atom stereocenters. The van der Waals surface area contributed by atoms with Crippen LogP contribution in [0.15, 0.2) is 24.3 Å². The van der Waals surface area contributed by atoms with E-state index in [0.717, 1.165) is 18.4 Å². The van der Waals surface area contributed by atoms with Crippen LogP contribution in [0.1, 0.15) is 49.3 Å². The molecule has 5 nitrogen and oxygen atoms in total. The standard InChI is InChI=1S/C17H21F3N2O3S/c1-26(24,25)22-14-7-2-3-8-16(23)21-13(14)10-15(22)11-5-4-6-12(9-11)17(18,19)20/h4-6,9,13-15H,2-3,7-8,10H2,1H3,(H,21,23)/t13-,14+,15+/m1/s1. The van der Waals surface area contributed by atoms with Crippen LogP contribution in [0.4, 0.5) is 13.2 Å². The molecule has 2 aliphatic rings. The van der Waals surface area contributed by atoms with Crippen molar-refractivity contribution in [1.29, 1.82) is 0 Å². The second-order valence-electron chi connectivity index (χ2n) is 6.95. The molecular formula is C17H21F3N2O3S. The quantitative estimate of drug-likeness (QED) is 0.845. The molecule has 2 aliphatic heterocycles. The molecule has 0 radical (unpaired) electrons. The first-order valence-corrected chi connectivity index (χ1v) is 10.4. The van der Waals surface area contributed by atoms with Crippen molar-refractivity contribution in [3.63, 3.8) is 0 Å². The van der Waals surface area contributed by atoms with E-state index in [4.69, 9.17) is 0 Å². The number of halogens is 3. The fraction of sp³-hybridized carbons (Fsp3) is 0.588. The van der Waals surface area contributed by atoms with Gasteiger partial charge in [0.1, 0.15) is 0 Å². The van der Waals surface area contributed by atoms with Gasteiger partial charge in [-0.3, -0.25) is 4.79 Å². The molecule has 1 N–H and O–H groups in total. The molecule has 2 heterocycles. The molecule has 1 aromatic rings. The van der Waals surface area contributed by atoms with E-state index >= 15 is 0 Å². The average Bonchev–Trinajstić information content (AvgIpc) is 2.86. The molecule has 1 amide bonds. The Morgan fingerprint density at radius 1 is 1.23 bits per heavy atom. The Labute approximate surface area is 150 Å². The maximum absolute atomic E-state index is 13.1. The molecule has 144 valence electrons. The van der Waals surface area contributed by atoms with Gasteiger partial charge in [-0.05, 0) is 37.0 Å². The molecule has 26 heavy (non-hydrogen) atoms. The highest BCUT2D eigenvalue weighted by Gasteiger charge is 2.47. The zero-order valence-electron chi connectivity index (χ0n) is 14.3. The minimum absolute atomic E-state index is 0.141. The maximum atomic E-state index is 13.1. The molecular weight excluding hydrogens is 369 g/mol. The molecule has 3 atom stereocenters. The molecule has 0 aromatic heterocycles. The highest BCUT2D eigenvalue weighted by Crippen LogP contribution is 2.42. The lowest BCUT2D eigenvalue weighted by atomic mass is 9.97. The Kier molecular flexibility index (Phi) is 5.04. The summed E-state index contributed by atoms with van der Waals surface area (Å²) in [6.45, 7) is 0. The van der Waals surface area contributed by atoms with Gasteiger partial charge in [0.05, 0.1) is 17.9 Å². The van der Waals surface area contributed by atoms with Crippen LogP contribution in [0.25, 0.3) is 0 Å². The summed E-state index contributed by atoms with van der Waals surface area (Å²) in [4.78, 5) is 11.9. The summed E-state index contributed by atoms with van der Waals surface area (Å²) >= 11 is 0. The number of carbonyl (C=O) groups is 1. The third kappa shape index (κ3) is 3.88. The molecule has 0 saturated carbocycles. The van der Waals surface area contributed by atoms with E-state index < -0.39 is 39.9 Å². The number of hydrogen-bond donors (Lipinski definition) is 1. The van der Waals surface area contributed by atoms with E-state index in [1.807, 2.05) is 0 Å². The van der Waals surface area contributed by atoms with Crippen LogP contribution in [-0.2, 0) is 21.0 Å². The Hall–Kier alpha value is -1.61. The first-order chi connectivity index (χ1) is 12.1. The smallest absolute Gasteiger partial charge is 0.352 e. The Bertz CT molecular complexity index is 795. The number of hydrogen-bond acceptors (Lipinski definition) is 3. The van der Waals surface area contributed by atoms with Crippen LogP contribution in [0, 0.1) is 0 Å². The van der Waals surface area contributed by atoms with E-state index in [9.17, 15) is 26.4 Å². The van der Waals surface area contributed by atoms with Gasteiger partial charge in [0.25, 0.3) is 0 Å². The zero-order chi connectivity index (χ0) is 19.1. The van der Waals surface area contributed by atoms with Crippen LogP contribution in [0.3, 0.4) is 0 Å². The van der Waals surface area contributed by atoms with Gasteiger partial charge >= 0.3 is 6.18 Å². The molecule has 2 fully saturated rings. The van der Waals surface area contributed by atoms with Crippen molar-refractivity contribution < 1.29 is 26.4 Å². The summed E-state index contributed by atoms with van der Waals surface area (Å²) in [6, 6.07) is 3.22. The van der Waals surface area contributed by atoms with Gasteiger partial charge in [-0.15, -0.1) is 0 Å². The normalized spacial score (nSPS) is 28.2. The Balaban J connectivity index is 2.01. The van der Waals surface area contributed by atoms with Crippen molar-refractivity contribution in [2.75, 3.05) is 6.26 Å². The zero-order valence-corrected chi connectivity index (χ0v) is 15.1. The van der Waals surface area contributed by atoms with Crippen molar-refractivity contribution in [2.45, 2.75) is 56.4 Å². The van der Waals surface area contributed by atoms with E-state index in [1.54, 1.807) is 0 Å². The van der Waals surface area contributed by atoms with Gasteiger partial charge in [0.15, 0.2) is 0 Å². The molecule has 1 aromatic carbocycles. The summed E-state index contributed by atoms with van der Waals surface area (Å²) in [5.74, 6) is -0.141. The van der Waals surface area contributed by atoms with E-state index in [-0.39, 0.29) is 12.3 Å². The van der Waals surface area contributed by atoms with Gasteiger partial charge in [-0.25, -0.2) is 8.42 Å². The maximum Gasteiger partial charge on any atom is 0.416 e. The second kappa shape index (κ2) is 6.84. The van der Waals surface area contributed by atoms with Gasteiger partial charge in [-0.2, -0.15) is 17.5 Å². The Morgan fingerprint density at radius 3 is 2.62 bits per heavy atom. The average molecular weight is 390 g/mol. The third-order valence-electron chi connectivity index (χ3n) is 5.06. The van der Waals surface area contributed by atoms with Crippen LogP contribution < -0.4 is 5.32 Å². The topological polar surface area (TPSA) is 66.5 Å². The predicted molar refractivity (Wildman–Crippen MR) is 89.7 cm³/mol. The number of nitrogens with one attached hydrogen (secondary N) is 1. The highest BCUT2D eigenvalue weighted by atomic mass is 32.2. The first-order valence-electron chi connectivity index (χ1n) is 8.52. The summed E-state index contributed by atoms with van der Waals surface area (Å²) in [5.41, 5.74) is -0.511. The van der Waals surface area contributed by atoms with Crippen LogP contribution in [0.5, 0.6) is 0 Å². The number of alkyl halides is 3. The summed E-state index contributed by atoms with van der Waals surface area (Å²) in [7, 11) is -3.66. The van der Waals surface area contributed by atoms with Gasteiger partial charge in [0.2, 0.25) is 15.9 Å². The highest BCUT2D eigenvalue weighted by molar-refractivity contribution is 7.88. The number of nitrogens with zero attached hydrogens (tertiary/aromatic N) is 1. The second-order valence-corrected chi connectivity index (χ2v) is 8.84. The third-order valence-corrected chi connectivity index (χ3v) is 6.35. The Morgan fingerprint density at radius 2 is 1.96 bits per heavy atom. The number of rotatable bonds is 2. The summed E-state index contributed by atoms with van der Waals surface area (Å²) in [6.07, 6.45) is -0.831. The largest absolute Gasteiger partial charge is 0.416 e. The summed E-state index contributed by atoms with van der Waals surface area (Å²) < 4.78 is 65.3. The lowest BCUT2D eigenvalue weighted by Gasteiger charge is -2.31. The van der Waals surface area contributed by atoms with Crippen molar-refractivity contribution in [1.82, 2.24) is 9.62 Å². The van der Waals surface area contributed by atoms with Crippen molar-refractivity contribution in [3.8, 4) is 0 Å².